The van der Waals surface area contributed by atoms with E-state index < -0.39 is 6.03 Å². The molecule has 1 aromatic carbocycles. The lowest BCUT2D eigenvalue weighted by molar-refractivity contribution is -0.117. The number of urea groups is 1. The molecule has 2 N–H and O–H groups in total. The summed E-state index contributed by atoms with van der Waals surface area (Å²) in [6.45, 7) is 2.85. The van der Waals surface area contributed by atoms with Gasteiger partial charge in [0.2, 0.25) is 5.91 Å². The number of hydrogen-bond donors (Lipinski definition) is 2. The minimum Gasteiger partial charge on any atom is -0.338 e. The molecule has 2 heterocycles. The summed E-state index contributed by atoms with van der Waals surface area (Å²) < 4.78 is 1.99. The molecule has 0 atom stereocenters. The van der Waals surface area contributed by atoms with Gasteiger partial charge >= 0.3 is 6.03 Å². The molecule has 0 fully saturated rings. The second kappa shape index (κ2) is 9.33. The molecule has 3 amide bonds. The van der Waals surface area contributed by atoms with Crippen molar-refractivity contribution in [3.63, 3.8) is 0 Å². The number of hydrogen-bond acceptors (Lipinski definition) is 6. The molecule has 0 aliphatic heterocycles. The first-order chi connectivity index (χ1) is 13.2. The predicted octanol–water partition coefficient (Wildman–Crippen LogP) is 2.99. The first-order valence-electron chi connectivity index (χ1n) is 8.39. The topological polar surface area (TPSA) is 88.9 Å². The van der Waals surface area contributed by atoms with Gasteiger partial charge in [0.15, 0.2) is 11.0 Å². The van der Waals surface area contributed by atoms with Crippen LogP contribution in [0.2, 0.25) is 0 Å². The van der Waals surface area contributed by atoms with E-state index in [1.165, 1.54) is 11.8 Å². The average molecular weight is 402 g/mol. The Balaban J connectivity index is 1.76. The number of nitrogens with one attached hydrogen (secondary N) is 2. The fraction of sp³-hybridized carbons (Fsp3) is 0.222. The second-order valence-corrected chi connectivity index (χ2v) is 7.44. The number of imide groups is 1. The molecule has 0 saturated heterocycles. The lowest BCUT2D eigenvalue weighted by atomic mass is 10.2. The molecule has 0 radical (unpaired) electrons. The number of aromatic nitrogens is 3. The van der Waals surface area contributed by atoms with Crippen LogP contribution < -0.4 is 10.6 Å². The summed E-state index contributed by atoms with van der Waals surface area (Å²) in [6, 6.07) is 13.5. The van der Waals surface area contributed by atoms with Crippen LogP contribution in [0.25, 0.3) is 10.7 Å². The molecule has 0 aliphatic carbocycles. The number of carbonyl (C=O) groups is 2. The van der Waals surface area contributed by atoms with E-state index in [4.69, 9.17) is 0 Å². The van der Waals surface area contributed by atoms with E-state index >= 15 is 0 Å². The van der Waals surface area contributed by atoms with Crippen molar-refractivity contribution < 1.29 is 9.59 Å². The molecule has 2 aromatic heterocycles. The van der Waals surface area contributed by atoms with Crippen LogP contribution in [0.3, 0.4) is 0 Å². The molecular formula is C18H19N5O2S2. The van der Waals surface area contributed by atoms with Crippen molar-refractivity contribution in [1.82, 2.24) is 25.4 Å². The van der Waals surface area contributed by atoms with Gasteiger partial charge in [0, 0.05) is 6.54 Å². The summed E-state index contributed by atoms with van der Waals surface area (Å²) in [5.74, 6) is 0.465. The summed E-state index contributed by atoms with van der Waals surface area (Å²) >= 11 is 2.84. The summed E-state index contributed by atoms with van der Waals surface area (Å²) in [4.78, 5) is 24.4. The number of thiophene rings is 1. The molecule has 9 heteroatoms. The number of carbonyl (C=O) groups excluding carboxylic acids is 2. The molecule has 140 valence electrons. The van der Waals surface area contributed by atoms with Crippen molar-refractivity contribution in [2.24, 2.45) is 0 Å². The number of rotatable bonds is 7. The van der Waals surface area contributed by atoms with E-state index in [0.717, 1.165) is 16.3 Å². The van der Waals surface area contributed by atoms with E-state index in [2.05, 4.69) is 20.8 Å². The Labute approximate surface area is 165 Å². The van der Waals surface area contributed by atoms with Gasteiger partial charge in [0.1, 0.15) is 0 Å². The van der Waals surface area contributed by atoms with Gasteiger partial charge in [-0.2, -0.15) is 0 Å². The van der Waals surface area contributed by atoms with Crippen LogP contribution in [0.15, 0.2) is 53.0 Å². The molecule has 7 nitrogen and oxygen atoms in total. The third-order valence-corrected chi connectivity index (χ3v) is 5.40. The lowest BCUT2D eigenvalue weighted by Crippen LogP contribution is -2.40. The summed E-state index contributed by atoms with van der Waals surface area (Å²) in [5, 5.41) is 16.0. The fourth-order valence-electron chi connectivity index (χ4n) is 2.39. The largest absolute Gasteiger partial charge is 0.338 e. The summed E-state index contributed by atoms with van der Waals surface area (Å²) in [7, 11) is 0. The molecule has 0 saturated carbocycles. The minimum atomic E-state index is -0.492. The highest BCUT2D eigenvalue weighted by atomic mass is 32.2. The van der Waals surface area contributed by atoms with E-state index in [1.54, 1.807) is 18.3 Å². The average Bonchev–Trinajstić information content (AvgIpc) is 3.31. The SMILES string of the molecule is CCNC(=O)NC(=O)CSc1nnc(-c2cccs2)n1Cc1ccccc1. The van der Waals surface area contributed by atoms with E-state index in [-0.39, 0.29) is 11.7 Å². The molecule has 3 rings (SSSR count). The Morgan fingerprint density at radius 3 is 2.67 bits per heavy atom. The molecular weight excluding hydrogens is 382 g/mol. The van der Waals surface area contributed by atoms with Crippen molar-refractivity contribution >= 4 is 35.0 Å². The minimum absolute atomic E-state index is 0.0779. The quantitative estimate of drug-likeness (QED) is 0.594. The van der Waals surface area contributed by atoms with Crippen molar-refractivity contribution in [1.29, 1.82) is 0 Å². The highest BCUT2D eigenvalue weighted by molar-refractivity contribution is 7.99. The third-order valence-electron chi connectivity index (χ3n) is 3.56. The number of benzene rings is 1. The van der Waals surface area contributed by atoms with Gasteiger partial charge in [-0.05, 0) is 23.9 Å². The standard InChI is InChI=1S/C18H19N5O2S2/c1-2-19-17(25)20-15(24)12-27-18-22-21-16(14-9-6-10-26-14)23(18)11-13-7-4-3-5-8-13/h3-10H,2,11-12H2,1H3,(H2,19,20,24,25). The van der Waals surface area contributed by atoms with Gasteiger partial charge in [-0.15, -0.1) is 21.5 Å². The Morgan fingerprint density at radius 1 is 1.15 bits per heavy atom. The second-order valence-electron chi connectivity index (χ2n) is 5.55. The Kier molecular flexibility index (Phi) is 6.61. The first kappa shape index (κ1) is 19.1. The van der Waals surface area contributed by atoms with E-state index in [0.29, 0.717) is 18.2 Å². The van der Waals surface area contributed by atoms with Crippen LogP contribution in [0.5, 0.6) is 0 Å². The molecule has 3 aromatic rings. The van der Waals surface area contributed by atoms with Gasteiger partial charge in [-0.1, -0.05) is 48.2 Å². The maximum atomic E-state index is 12.0. The van der Waals surface area contributed by atoms with Crippen LogP contribution in [0.4, 0.5) is 4.79 Å². The van der Waals surface area contributed by atoms with Gasteiger partial charge in [0.25, 0.3) is 0 Å². The monoisotopic (exact) mass is 401 g/mol. The van der Waals surface area contributed by atoms with Crippen LogP contribution in [0, 0.1) is 0 Å². The smallest absolute Gasteiger partial charge is 0.321 e. The van der Waals surface area contributed by atoms with Crippen LogP contribution in [0.1, 0.15) is 12.5 Å². The highest BCUT2D eigenvalue weighted by Crippen LogP contribution is 2.28. The fourth-order valence-corrected chi connectivity index (χ4v) is 3.84. The van der Waals surface area contributed by atoms with Crippen molar-refractivity contribution in [3.8, 4) is 10.7 Å². The molecule has 0 unspecified atom stereocenters. The highest BCUT2D eigenvalue weighted by Gasteiger charge is 2.17. The number of nitrogens with zero attached hydrogens (tertiary/aromatic N) is 3. The number of amides is 3. The summed E-state index contributed by atoms with van der Waals surface area (Å²) in [6.07, 6.45) is 0. The molecule has 0 bridgehead atoms. The zero-order chi connectivity index (χ0) is 19.1. The third kappa shape index (κ3) is 5.18. The Hall–Kier alpha value is -2.65. The molecule has 0 spiro atoms. The normalized spacial score (nSPS) is 10.6. The Morgan fingerprint density at radius 2 is 1.96 bits per heavy atom. The van der Waals surface area contributed by atoms with E-state index in [9.17, 15) is 9.59 Å². The maximum Gasteiger partial charge on any atom is 0.321 e. The zero-order valence-corrected chi connectivity index (χ0v) is 16.3. The Bertz CT molecular complexity index is 894. The predicted molar refractivity (Wildman–Crippen MR) is 107 cm³/mol. The van der Waals surface area contributed by atoms with Crippen LogP contribution in [-0.2, 0) is 11.3 Å². The first-order valence-corrected chi connectivity index (χ1v) is 10.3. The van der Waals surface area contributed by atoms with Gasteiger partial charge < -0.3 is 5.32 Å². The van der Waals surface area contributed by atoms with E-state index in [1.807, 2.05) is 52.4 Å². The zero-order valence-electron chi connectivity index (χ0n) is 14.7. The van der Waals surface area contributed by atoms with Crippen molar-refractivity contribution in [2.75, 3.05) is 12.3 Å². The van der Waals surface area contributed by atoms with Gasteiger partial charge in [0.05, 0.1) is 17.2 Å². The van der Waals surface area contributed by atoms with Gasteiger partial charge in [-0.3, -0.25) is 14.7 Å². The number of thioether (sulfide) groups is 1. The van der Waals surface area contributed by atoms with Gasteiger partial charge in [-0.25, -0.2) is 4.79 Å². The lowest BCUT2D eigenvalue weighted by Gasteiger charge is -2.10. The van der Waals surface area contributed by atoms with Crippen LogP contribution >= 0.6 is 23.1 Å². The van der Waals surface area contributed by atoms with Crippen molar-refractivity contribution in [2.45, 2.75) is 18.6 Å². The maximum absolute atomic E-state index is 12.0. The molecule has 0 aliphatic rings. The van der Waals surface area contributed by atoms with Crippen LogP contribution in [-0.4, -0.2) is 39.0 Å². The summed E-state index contributed by atoms with van der Waals surface area (Å²) in [5.41, 5.74) is 1.11. The molecule has 27 heavy (non-hydrogen) atoms. The van der Waals surface area contributed by atoms with Crippen molar-refractivity contribution in [3.05, 3.63) is 53.4 Å².